The predicted molar refractivity (Wildman–Crippen MR) is 54.5 cm³/mol. The molecule has 0 aliphatic heterocycles. The summed E-state index contributed by atoms with van der Waals surface area (Å²) in [5, 5.41) is 9.08. The summed E-state index contributed by atoms with van der Waals surface area (Å²) in [4.78, 5) is 3.92. The van der Waals surface area contributed by atoms with Crippen LogP contribution in [0.4, 0.5) is 13.2 Å². The van der Waals surface area contributed by atoms with Crippen molar-refractivity contribution < 1.29 is 17.9 Å². The Morgan fingerprint density at radius 3 is 2.71 bits per heavy atom. The molecule has 0 N–H and O–H groups in total. The van der Waals surface area contributed by atoms with E-state index in [2.05, 4.69) is 9.72 Å². The Kier molecular flexibility index (Phi) is 3.15. The summed E-state index contributed by atoms with van der Waals surface area (Å²) in [6, 6.07) is 2.90. The van der Waals surface area contributed by atoms with Gasteiger partial charge in [0.1, 0.15) is 11.8 Å². The lowest BCUT2D eigenvalue weighted by molar-refractivity contribution is -0.275. The first-order valence-corrected chi connectivity index (χ1v) is 5.69. The summed E-state index contributed by atoms with van der Waals surface area (Å²) >= 11 is 1.22. The third-order valence-electron chi connectivity index (χ3n) is 2.01. The highest BCUT2D eigenvalue weighted by atomic mass is 32.2. The molecule has 1 saturated carbocycles. The number of rotatable bonds is 3. The van der Waals surface area contributed by atoms with E-state index in [1.54, 1.807) is 6.07 Å². The second kappa shape index (κ2) is 4.45. The van der Waals surface area contributed by atoms with Crippen molar-refractivity contribution in [1.82, 2.24) is 4.98 Å². The van der Waals surface area contributed by atoms with Crippen molar-refractivity contribution in [2.24, 2.45) is 0 Å². The fourth-order valence-corrected chi connectivity index (χ4v) is 2.32. The summed E-state index contributed by atoms with van der Waals surface area (Å²) < 4.78 is 40.4. The molecule has 1 aliphatic rings. The first-order valence-electron chi connectivity index (χ1n) is 4.81. The molecule has 17 heavy (non-hydrogen) atoms. The van der Waals surface area contributed by atoms with Gasteiger partial charge in [-0.3, -0.25) is 0 Å². The standard InChI is InChI=1S/C10H7F3N2OS/c11-10(12,13)16-8-3-4-15-7(5-14)9(8)17-6-1-2-6/h3-4,6H,1-2H2. The van der Waals surface area contributed by atoms with Gasteiger partial charge >= 0.3 is 6.36 Å². The molecule has 7 heteroatoms. The molecule has 1 aromatic rings. The smallest absolute Gasteiger partial charge is 0.404 e. The molecule has 0 amide bonds. The van der Waals surface area contributed by atoms with Crippen molar-refractivity contribution in [3.63, 3.8) is 0 Å². The van der Waals surface area contributed by atoms with E-state index in [0.29, 0.717) is 0 Å². The molecular formula is C10H7F3N2OS. The van der Waals surface area contributed by atoms with Gasteiger partial charge < -0.3 is 4.74 Å². The Balaban J connectivity index is 2.32. The maximum atomic E-state index is 12.2. The van der Waals surface area contributed by atoms with Gasteiger partial charge in [-0.1, -0.05) is 0 Å². The maximum Gasteiger partial charge on any atom is 0.573 e. The molecule has 90 valence electrons. The first-order chi connectivity index (χ1) is 7.99. The lowest BCUT2D eigenvalue weighted by atomic mass is 10.3. The van der Waals surface area contributed by atoms with Crippen molar-refractivity contribution >= 4 is 11.8 Å². The highest BCUT2D eigenvalue weighted by Gasteiger charge is 2.34. The fourth-order valence-electron chi connectivity index (χ4n) is 1.18. The van der Waals surface area contributed by atoms with Crippen LogP contribution in [0.1, 0.15) is 18.5 Å². The molecule has 0 aromatic carbocycles. The second-order valence-corrected chi connectivity index (χ2v) is 4.77. The minimum absolute atomic E-state index is 0.0244. The van der Waals surface area contributed by atoms with Crippen molar-refractivity contribution in [1.29, 1.82) is 5.26 Å². The Morgan fingerprint density at radius 2 is 2.18 bits per heavy atom. The van der Waals surface area contributed by atoms with E-state index < -0.39 is 6.36 Å². The van der Waals surface area contributed by atoms with Crippen LogP contribution in [-0.2, 0) is 0 Å². The van der Waals surface area contributed by atoms with Gasteiger partial charge in [0.25, 0.3) is 0 Å². The van der Waals surface area contributed by atoms with Crippen LogP contribution in [0.2, 0.25) is 0 Å². The Morgan fingerprint density at radius 1 is 1.47 bits per heavy atom. The topological polar surface area (TPSA) is 45.9 Å². The monoisotopic (exact) mass is 260 g/mol. The van der Waals surface area contributed by atoms with E-state index in [1.807, 2.05) is 0 Å². The van der Waals surface area contributed by atoms with Crippen LogP contribution in [-0.4, -0.2) is 16.6 Å². The summed E-state index contributed by atoms with van der Waals surface area (Å²) in [7, 11) is 0. The van der Waals surface area contributed by atoms with Gasteiger partial charge in [-0.15, -0.1) is 24.9 Å². The number of hydrogen-bond donors (Lipinski definition) is 0. The Bertz CT molecular complexity index is 466. The number of ether oxygens (including phenoxy) is 1. The highest BCUT2D eigenvalue weighted by molar-refractivity contribution is 8.00. The van der Waals surface area contributed by atoms with E-state index in [4.69, 9.17) is 5.26 Å². The van der Waals surface area contributed by atoms with Crippen LogP contribution in [0.5, 0.6) is 5.75 Å². The van der Waals surface area contributed by atoms with Gasteiger partial charge in [0.2, 0.25) is 0 Å². The minimum atomic E-state index is -4.76. The number of hydrogen-bond acceptors (Lipinski definition) is 4. The zero-order valence-electron chi connectivity index (χ0n) is 8.49. The summed E-state index contributed by atoms with van der Waals surface area (Å²) in [5.41, 5.74) is -0.0244. The van der Waals surface area contributed by atoms with Crippen molar-refractivity contribution in [2.75, 3.05) is 0 Å². The molecule has 0 unspecified atom stereocenters. The molecule has 0 radical (unpaired) electrons. The van der Waals surface area contributed by atoms with Gasteiger partial charge in [0, 0.05) is 17.5 Å². The number of nitriles is 1. The second-order valence-electron chi connectivity index (χ2n) is 3.46. The third kappa shape index (κ3) is 3.27. The fraction of sp³-hybridized carbons (Fsp3) is 0.400. The van der Waals surface area contributed by atoms with Gasteiger partial charge in [-0.05, 0) is 12.8 Å². The SMILES string of the molecule is N#Cc1nccc(OC(F)(F)F)c1SC1CC1. The van der Waals surface area contributed by atoms with Crippen LogP contribution in [0.3, 0.4) is 0 Å². The molecule has 0 atom stereocenters. The number of thioether (sulfide) groups is 1. The first kappa shape index (κ1) is 12.0. The van der Waals surface area contributed by atoms with Crippen LogP contribution in [0.15, 0.2) is 17.2 Å². The zero-order chi connectivity index (χ0) is 12.5. The normalized spacial score (nSPS) is 15.4. The maximum absolute atomic E-state index is 12.2. The Hall–Kier alpha value is -1.42. The molecule has 3 nitrogen and oxygen atoms in total. The molecule has 1 aromatic heterocycles. The van der Waals surface area contributed by atoms with E-state index in [9.17, 15) is 13.2 Å². The van der Waals surface area contributed by atoms with E-state index >= 15 is 0 Å². The molecule has 1 aliphatic carbocycles. The number of pyridine rings is 1. The molecular weight excluding hydrogens is 253 g/mol. The van der Waals surface area contributed by atoms with Gasteiger partial charge in [-0.2, -0.15) is 5.26 Å². The molecule has 0 spiro atoms. The summed E-state index contributed by atoms with van der Waals surface area (Å²) in [6.45, 7) is 0. The van der Waals surface area contributed by atoms with Gasteiger partial charge in [-0.25, -0.2) is 4.98 Å². The summed E-state index contributed by atoms with van der Waals surface area (Å²) in [6.07, 6.45) is -1.74. The highest BCUT2D eigenvalue weighted by Crippen LogP contribution is 2.44. The van der Waals surface area contributed by atoms with Crippen LogP contribution < -0.4 is 4.74 Å². The zero-order valence-corrected chi connectivity index (χ0v) is 9.31. The van der Waals surface area contributed by atoms with E-state index in [0.717, 1.165) is 25.1 Å². The predicted octanol–water partition coefficient (Wildman–Crippen LogP) is 3.11. The number of nitrogens with zero attached hydrogens (tertiary/aromatic N) is 2. The molecule has 1 fully saturated rings. The number of alkyl halides is 3. The minimum Gasteiger partial charge on any atom is -0.404 e. The number of halogens is 3. The van der Waals surface area contributed by atoms with Crippen molar-refractivity contribution in [3.8, 4) is 11.8 Å². The van der Waals surface area contributed by atoms with Gasteiger partial charge in [0.15, 0.2) is 5.69 Å². The molecule has 0 bridgehead atoms. The number of aromatic nitrogens is 1. The average molecular weight is 260 g/mol. The van der Waals surface area contributed by atoms with Crippen molar-refractivity contribution in [3.05, 3.63) is 18.0 Å². The molecule has 0 saturated heterocycles. The molecule has 2 rings (SSSR count). The Labute approximate surface area is 99.6 Å². The summed E-state index contributed by atoms with van der Waals surface area (Å²) in [5.74, 6) is -0.346. The van der Waals surface area contributed by atoms with Crippen LogP contribution >= 0.6 is 11.8 Å². The van der Waals surface area contributed by atoms with Crippen LogP contribution in [0.25, 0.3) is 0 Å². The van der Waals surface area contributed by atoms with E-state index in [-0.39, 0.29) is 21.6 Å². The van der Waals surface area contributed by atoms with Gasteiger partial charge in [0.05, 0.1) is 4.90 Å². The quantitative estimate of drug-likeness (QED) is 0.837. The van der Waals surface area contributed by atoms with E-state index in [1.165, 1.54) is 11.8 Å². The average Bonchev–Trinajstić information content (AvgIpc) is 3.02. The van der Waals surface area contributed by atoms with Crippen molar-refractivity contribution in [2.45, 2.75) is 29.3 Å². The largest absolute Gasteiger partial charge is 0.573 e. The van der Waals surface area contributed by atoms with Crippen LogP contribution in [0, 0.1) is 11.3 Å². The lowest BCUT2D eigenvalue weighted by Crippen LogP contribution is -2.18. The third-order valence-corrected chi connectivity index (χ3v) is 3.44. The molecule has 1 heterocycles. The lowest BCUT2D eigenvalue weighted by Gasteiger charge is -2.12.